The molecule has 0 fully saturated rings. The van der Waals surface area contributed by atoms with Gasteiger partial charge in [-0.15, -0.1) is 11.3 Å². The van der Waals surface area contributed by atoms with Crippen LogP contribution in [0.4, 0.5) is 5.69 Å². The minimum absolute atomic E-state index is 0.199. The van der Waals surface area contributed by atoms with Gasteiger partial charge in [-0.1, -0.05) is 36.4 Å². The molecule has 0 aliphatic carbocycles. The Hall–Kier alpha value is -5.03. The summed E-state index contributed by atoms with van der Waals surface area (Å²) in [4.78, 5) is 64.2. The number of nitrogens with zero attached hydrogens (tertiary/aromatic N) is 2. The average Bonchev–Trinajstić information content (AvgIpc) is 3.37. The van der Waals surface area contributed by atoms with Gasteiger partial charge in [0.15, 0.2) is 0 Å². The number of benzene rings is 3. The van der Waals surface area contributed by atoms with Crippen molar-refractivity contribution in [3.05, 3.63) is 104 Å². The summed E-state index contributed by atoms with van der Waals surface area (Å²) in [5.74, 6) is -0.863. The van der Waals surface area contributed by atoms with Gasteiger partial charge in [-0.25, -0.2) is 9.59 Å². The highest BCUT2D eigenvalue weighted by Gasteiger charge is 2.22. The van der Waals surface area contributed by atoms with Crippen molar-refractivity contribution in [3.8, 4) is 5.75 Å². The maximum absolute atomic E-state index is 13.9. The number of anilines is 1. The van der Waals surface area contributed by atoms with E-state index in [1.807, 2.05) is 12.1 Å². The number of nitrogens with one attached hydrogen (secondary N) is 1. The van der Waals surface area contributed by atoms with Crippen molar-refractivity contribution in [1.29, 1.82) is 0 Å². The molecule has 5 rings (SSSR count). The van der Waals surface area contributed by atoms with Crippen LogP contribution < -0.4 is 21.3 Å². The second kappa shape index (κ2) is 11.0. The predicted molar refractivity (Wildman–Crippen MR) is 152 cm³/mol. The van der Waals surface area contributed by atoms with Gasteiger partial charge in [-0.3, -0.25) is 23.5 Å². The lowest BCUT2D eigenvalue weighted by molar-refractivity contribution is -0.116. The first kappa shape index (κ1) is 26.6. The molecule has 0 spiro atoms. The fraction of sp³-hybridized carbons (Fsp3) is 0.138. The number of ether oxygens (including phenoxy) is 2. The van der Waals surface area contributed by atoms with Crippen molar-refractivity contribution >= 4 is 55.5 Å². The van der Waals surface area contributed by atoms with Crippen LogP contribution in [0.5, 0.6) is 5.75 Å². The van der Waals surface area contributed by atoms with Crippen LogP contribution in [0.1, 0.15) is 26.3 Å². The van der Waals surface area contributed by atoms with Gasteiger partial charge in [0.1, 0.15) is 23.3 Å². The van der Waals surface area contributed by atoms with Crippen LogP contribution in [-0.4, -0.2) is 41.5 Å². The summed E-state index contributed by atoms with van der Waals surface area (Å²) in [6.45, 7) is -0.608. The van der Waals surface area contributed by atoms with Crippen LogP contribution in [0.2, 0.25) is 0 Å². The maximum atomic E-state index is 13.9. The average molecular weight is 558 g/mol. The normalized spacial score (nSPS) is 10.9. The van der Waals surface area contributed by atoms with Crippen LogP contribution in [0, 0.1) is 0 Å². The number of amides is 1. The molecule has 2 heterocycles. The van der Waals surface area contributed by atoms with Gasteiger partial charge in [0.05, 0.1) is 37.5 Å². The van der Waals surface area contributed by atoms with Gasteiger partial charge in [0, 0.05) is 15.6 Å². The van der Waals surface area contributed by atoms with E-state index in [1.54, 1.807) is 36.4 Å². The molecule has 0 unspecified atom stereocenters. The van der Waals surface area contributed by atoms with Gasteiger partial charge in [-0.2, -0.15) is 0 Å². The Kier molecular flexibility index (Phi) is 7.30. The molecule has 0 bridgehead atoms. The van der Waals surface area contributed by atoms with Crippen LogP contribution in [0.15, 0.2) is 76.3 Å². The first-order valence-electron chi connectivity index (χ1n) is 12.1. The van der Waals surface area contributed by atoms with Crippen LogP contribution >= 0.6 is 11.3 Å². The van der Waals surface area contributed by atoms with Crippen LogP contribution in [0.25, 0.3) is 20.3 Å². The molecule has 1 N–H and O–H groups in total. The zero-order valence-electron chi connectivity index (χ0n) is 21.5. The smallest absolute Gasteiger partial charge is 0.338 e. The molecule has 10 nitrogen and oxygen atoms in total. The number of carbonyl (C=O) groups is 3. The number of carbonyl (C=O) groups excluding carboxylic acids is 3. The summed E-state index contributed by atoms with van der Waals surface area (Å²) < 4.78 is 13.5. The van der Waals surface area contributed by atoms with E-state index in [0.717, 1.165) is 9.27 Å². The largest absolute Gasteiger partial charge is 0.495 e. The molecule has 40 heavy (non-hydrogen) atoms. The van der Waals surface area contributed by atoms with Crippen molar-refractivity contribution in [2.75, 3.05) is 19.5 Å². The van der Waals surface area contributed by atoms with Crippen molar-refractivity contribution in [3.63, 3.8) is 0 Å². The number of hydrogen-bond donors (Lipinski definition) is 1. The second-order valence-electron chi connectivity index (χ2n) is 8.81. The minimum Gasteiger partial charge on any atom is -0.495 e. The van der Waals surface area contributed by atoms with Crippen molar-refractivity contribution in [2.24, 2.45) is 0 Å². The summed E-state index contributed by atoms with van der Waals surface area (Å²) in [6.07, 6.45) is 0.660. The van der Waals surface area contributed by atoms with Gasteiger partial charge in [0.2, 0.25) is 5.91 Å². The molecule has 0 saturated heterocycles. The molecule has 0 aliphatic heterocycles. The second-order valence-corrected chi connectivity index (χ2v) is 9.86. The van der Waals surface area contributed by atoms with Gasteiger partial charge < -0.3 is 14.8 Å². The number of methoxy groups -OCH3 is 2. The first-order valence-corrected chi connectivity index (χ1v) is 12.9. The Labute approximate surface area is 231 Å². The first-order chi connectivity index (χ1) is 19.4. The molecular formula is C29H23N3O7S. The fourth-order valence-electron chi connectivity index (χ4n) is 4.54. The third-order valence-corrected chi connectivity index (χ3v) is 7.58. The van der Waals surface area contributed by atoms with E-state index in [0.29, 0.717) is 38.7 Å². The lowest BCUT2D eigenvalue weighted by Crippen LogP contribution is -2.41. The van der Waals surface area contributed by atoms with E-state index in [2.05, 4.69) is 5.32 Å². The summed E-state index contributed by atoms with van der Waals surface area (Å²) >= 11 is 1.22. The van der Waals surface area contributed by atoms with Crippen molar-refractivity contribution in [2.45, 2.75) is 13.1 Å². The number of aldehydes is 1. The topological polar surface area (TPSA) is 126 Å². The Bertz CT molecular complexity index is 1920. The fourth-order valence-corrected chi connectivity index (χ4v) is 5.69. The Morgan fingerprint density at radius 1 is 0.975 bits per heavy atom. The number of fused-ring (bicyclic) bond motifs is 3. The van der Waals surface area contributed by atoms with Crippen molar-refractivity contribution in [1.82, 2.24) is 9.13 Å². The molecule has 1 amide bonds. The summed E-state index contributed by atoms with van der Waals surface area (Å²) in [6, 6.07) is 18.3. The maximum Gasteiger partial charge on any atom is 0.338 e. The number of rotatable bonds is 8. The summed E-state index contributed by atoms with van der Waals surface area (Å²) in [5, 5.41) is 3.39. The van der Waals surface area contributed by atoms with Gasteiger partial charge >= 0.3 is 11.7 Å². The quantitative estimate of drug-likeness (QED) is 0.228. The van der Waals surface area contributed by atoms with E-state index < -0.39 is 29.7 Å². The SMILES string of the molecule is COC(=O)c1ccccc1Cn1c(=O)c2sc3ccccc3c2n(CC(=O)Nc2ccc(C=O)cc2OC)c1=O. The third-order valence-electron chi connectivity index (χ3n) is 6.43. The number of thiophene rings is 1. The Morgan fingerprint density at radius 2 is 1.73 bits per heavy atom. The van der Waals surface area contributed by atoms with Crippen molar-refractivity contribution < 1.29 is 23.9 Å². The van der Waals surface area contributed by atoms with E-state index in [-0.39, 0.29) is 17.9 Å². The monoisotopic (exact) mass is 557 g/mol. The van der Waals surface area contributed by atoms with Gasteiger partial charge in [0.25, 0.3) is 5.56 Å². The Morgan fingerprint density at radius 3 is 2.48 bits per heavy atom. The molecule has 0 saturated carbocycles. The van der Waals surface area contributed by atoms with Crippen LogP contribution in [0.3, 0.4) is 0 Å². The molecule has 202 valence electrons. The Balaban J connectivity index is 1.64. The zero-order valence-corrected chi connectivity index (χ0v) is 22.3. The predicted octanol–water partition coefficient (Wildman–Crippen LogP) is 3.67. The standard InChI is InChI=1S/C29H23N3O7S/c1-38-22-13-17(16-33)11-12-21(22)30-24(34)15-31-25-20-9-5-6-10-23(20)40-26(25)27(35)32(29(31)37)14-18-7-3-4-8-19(18)28(36)39-2/h3-13,16H,14-15H2,1-2H3,(H,30,34). The number of aromatic nitrogens is 2. The molecule has 2 aromatic heterocycles. The highest BCUT2D eigenvalue weighted by atomic mass is 32.1. The molecular weight excluding hydrogens is 534 g/mol. The zero-order chi connectivity index (χ0) is 28.4. The minimum atomic E-state index is -0.709. The molecule has 0 radical (unpaired) electrons. The molecule has 3 aromatic carbocycles. The van der Waals surface area contributed by atoms with Crippen LogP contribution in [-0.2, 0) is 22.6 Å². The van der Waals surface area contributed by atoms with E-state index in [4.69, 9.17) is 9.47 Å². The van der Waals surface area contributed by atoms with E-state index in [1.165, 1.54) is 48.3 Å². The molecule has 11 heteroatoms. The lowest BCUT2D eigenvalue weighted by atomic mass is 10.1. The highest BCUT2D eigenvalue weighted by molar-refractivity contribution is 7.25. The van der Waals surface area contributed by atoms with E-state index >= 15 is 0 Å². The molecule has 5 aromatic rings. The molecule has 0 aliphatic rings. The third kappa shape index (κ3) is 4.78. The van der Waals surface area contributed by atoms with Gasteiger partial charge in [-0.05, 0) is 35.9 Å². The lowest BCUT2D eigenvalue weighted by Gasteiger charge is -2.15. The summed E-state index contributed by atoms with van der Waals surface area (Å²) in [7, 11) is 2.66. The molecule has 0 atom stereocenters. The highest BCUT2D eigenvalue weighted by Crippen LogP contribution is 2.31. The van der Waals surface area contributed by atoms with E-state index in [9.17, 15) is 24.0 Å². The number of esters is 1. The number of hydrogen-bond acceptors (Lipinski definition) is 8. The summed E-state index contributed by atoms with van der Waals surface area (Å²) in [5.41, 5.74) is 0.456.